The van der Waals surface area contributed by atoms with E-state index >= 15 is 0 Å². The van der Waals surface area contributed by atoms with Crippen LogP contribution >= 0.6 is 0 Å². The topological polar surface area (TPSA) is 64.4 Å². The summed E-state index contributed by atoms with van der Waals surface area (Å²) in [6, 6.07) is 9.07. The molecule has 0 unspecified atom stereocenters. The van der Waals surface area contributed by atoms with E-state index < -0.39 is 0 Å². The number of rotatable bonds is 7. The minimum atomic E-state index is -0.306. The predicted molar refractivity (Wildman–Crippen MR) is 89.7 cm³/mol. The van der Waals surface area contributed by atoms with Gasteiger partial charge in [-0.1, -0.05) is 12.1 Å². The molecule has 7 heteroatoms. The van der Waals surface area contributed by atoms with E-state index in [1.807, 2.05) is 0 Å². The molecule has 0 bridgehead atoms. The second-order valence-corrected chi connectivity index (χ2v) is 6.06. The van der Waals surface area contributed by atoms with Crippen molar-refractivity contribution in [2.75, 3.05) is 13.7 Å². The molecule has 0 saturated heterocycles. The Morgan fingerprint density at radius 3 is 2.64 bits per heavy atom. The lowest BCUT2D eigenvalue weighted by Gasteiger charge is -2.22. The van der Waals surface area contributed by atoms with Crippen molar-refractivity contribution in [3.8, 4) is 0 Å². The lowest BCUT2D eigenvalue weighted by Crippen LogP contribution is -2.35. The van der Waals surface area contributed by atoms with E-state index in [0.29, 0.717) is 13.2 Å². The van der Waals surface area contributed by atoms with Gasteiger partial charge in [0.1, 0.15) is 11.5 Å². The summed E-state index contributed by atoms with van der Waals surface area (Å²) < 4.78 is 19.3. The van der Waals surface area contributed by atoms with E-state index in [4.69, 9.17) is 4.74 Å². The molecule has 1 aliphatic rings. The third-order valence-corrected chi connectivity index (χ3v) is 4.11. The van der Waals surface area contributed by atoms with Gasteiger partial charge in [-0.05, 0) is 36.6 Å². The number of halogens is 1. The standard InChI is InChI=1S/C18H20FN3O3/c1-25-11-10-22-17(23)9-8-16(20-22)18(24)21(15-6-7-15)12-13-2-4-14(19)5-3-13/h2-5,8-9,15H,6-7,10-12H2,1H3. The monoisotopic (exact) mass is 345 g/mol. The molecule has 132 valence electrons. The third-order valence-electron chi connectivity index (χ3n) is 4.11. The number of carbonyl (C=O) groups excluding carboxylic acids is 1. The van der Waals surface area contributed by atoms with Gasteiger partial charge in [-0.15, -0.1) is 0 Å². The third kappa shape index (κ3) is 4.30. The first-order valence-electron chi connectivity index (χ1n) is 8.21. The number of hydrogen-bond donors (Lipinski definition) is 0. The second-order valence-electron chi connectivity index (χ2n) is 6.06. The van der Waals surface area contributed by atoms with E-state index in [1.165, 1.54) is 36.1 Å². The van der Waals surface area contributed by atoms with Crippen LogP contribution in [-0.2, 0) is 17.8 Å². The van der Waals surface area contributed by atoms with Gasteiger partial charge < -0.3 is 9.64 Å². The van der Waals surface area contributed by atoms with Crippen LogP contribution in [0, 0.1) is 5.82 Å². The summed E-state index contributed by atoms with van der Waals surface area (Å²) in [5, 5.41) is 4.17. The van der Waals surface area contributed by atoms with Crippen molar-refractivity contribution >= 4 is 5.91 Å². The van der Waals surface area contributed by atoms with Gasteiger partial charge in [-0.3, -0.25) is 9.59 Å². The van der Waals surface area contributed by atoms with E-state index in [2.05, 4.69) is 5.10 Å². The molecule has 25 heavy (non-hydrogen) atoms. The van der Waals surface area contributed by atoms with Gasteiger partial charge in [0, 0.05) is 25.8 Å². The Morgan fingerprint density at radius 1 is 1.28 bits per heavy atom. The van der Waals surface area contributed by atoms with Crippen molar-refractivity contribution in [2.45, 2.75) is 32.0 Å². The molecular formula is C18H20FN3O3. The van der Waals surface area contributed by atoms with Crippen molar-refractivity contribution in [3.63, 3.8) is 0 Å². The average Bonchev–Trinajstić information content (AvgIpc) is 3.45. The second kappa shape index (κ2) is 7.57. The Balaban J connectivity index is 1.81. The van der Waals surface area contributed by atoms with Crippen LogP contribution in [0.1, 0.15) is 28.9 Å². The highest BCUT2D eigenvalue weighted by molar-refractivity contribution is 5.92. The fourth-order valence-electron chi connectivity index (χ4n) is 2.59. The molecule has 1 aliphatic carbocycles. The highest BCUT2D eigenvalue weighted by Crippen LogP contribution is 2.29. The Labute approximate surface area is 144 Å². The highest BCUT2D eigenvalue weighted by atomic mass is 19.1. The molecule has 0 spiro atoms. The fraction of sp³-hybridized carbons (Fsp3) is 0.389. The van der Waals surface area contributed by atoms with Gasteiger partial charge >= 0.3 is 0 Å². The number of carbonyl (C=O) groups is 1. The van der Waals surface area contributed by atoms with Crippen LogP contribution in [0.4, 0.5) is 4.39 Å². The van der Waals surface area contributed by atoms with Crippen LogP contribution in [0.25, 0.3) is 0 Å². The van der Waals surface area contributed by atoms with Gasteiger partial charge in [-0.25, -0.2) is 9.07 Å². The van der Waals surface area contributed by atoms with E-state index in [1.54, 1.807) is 17.0 Å². The number of ether oxygens (including phenoxy) is 1. The molecule has 0 radical (unpaired) electrons. The molecule has 3 rings (SSSR count). The maximum absolute atomic E-state index is 13.1. The van der Waals surface area contributed by atoms with Crippen molar-refractivity contribution in [1.29, 1.82) is 0 Å². The van der Waals surface area contributed by atoms with Gasteiger partial charge in [0.2, 0.25) is 0 Å². The summed E-state index contributed by atoms with van der Waals surface area (Å²) in [7, 11) is 1.54. The number of amides is 1. The highest BCUT2D eigenvalue weighted by Gasteiger charge is 2.33. The minimum absolute atomic E-state index is 0.165. The predicted octanol–water partition coefficient (Wildman–Crippen LogP) is 1.83. The molecule has 1 aromatic heterocycles. The van der Waals surface area contributed by atoms with Crippen LogP contribution in [-0.4, -0.2) is 40.3 Å². The molecule has 2 aromatic rings. The van der Waals surface area contributed by atoms with Crippen LogP contribution in [0.2, 0.25) is 0 Å². The molecule has 0 N–H and O–H groups in total. The van der Waals surface area contributed by atoms with Crippen molar-refractivity contribution in [1.82, 2.24) is 14.7 Å². The first kappa shape index (κ1) is 17.3. The van der Waals surface area contributed by atoms with E-state index in [9.17, 15) is 14.0 Å². The normalized spacial score (nSPS) is 13.7. The lowest BCUT2D eigenvalue weighted by atomic mass is 10.2. The molecular weight excluding hydrogens is 325 g/mol. The average molecular weight is 345 g/mol. The molecule has 0 aliphatic heterocycles. The molecule has 1 amide bonds. The largest absolute Gasteiger partial charge is 0.383 e. The number of benzene rings is 1. The number of hydrogen-bond acceptors (Lipinski definition) is 4. The van der Waals surface area contributed by atoms with Gasteiger partial charge in [0.25, 0.3) is 11.5 Å². The zero-order valence-corrected chi connectivity index (χ0v) is 14.0. The zero-order valence-electron chi connectivity index (χ0n) is 14.0. The molecule has 1 fully saturated rings. The smallest absolute Gasteiger partial charge is 0.274 e. The van der Waals surface area contributed by atoms with Gasteiger partial charge in [0.05, 0.1) is 13.2 Å². The molecule has 1 saturated carbocycles. The van der Waals surface area contributed by atoms with Crippen LogP contribution < -0.4 is 5.56 Å². The minimum Gasteiger partial charge on any atom is -0.383 e. The Bertz CT molecular complexity index is 800. The number of aromatic nitrogens is 2. The van der Waals surface area contributed by atoms with E-state index in [0.717, 1.165) is 18.4 Å². The summed E-state index contributed by atoms with van der Waals surface area (Å²) in [4.78, 5) is 26.4. The number of methoxy groups -OCH3 is 1. The molecule has 1 aromatic carbocycles. The lowest BCUT2D eigenvalue weighted by molar-refractivity contribution is 0.0720. The maximum atomic E-state index is 13.1. The summed E-state index contributed by atoms with van der Waals surface area (Å²) >= 11 is 0. The Morgan fingerprint density at radius 2 is 2.00 bits per heavy atom. The van der Waals surface area contributed by atoms with E-state index in [-0.39, 0.29) is 35.6 Å². The SMILES string of the molecule is COCCn1nc(C(=O)N(Cc2ccc(F)cc2)C2CC2)ccc1=O. The van der Waals surface area contributed by atoms with Crippen LogP contribution in [0.15, 0.2) is 41.2 Å². The molecule has 0 atom stereocenters. The maximum Gasteiger partial charge on any atom is 0.274 e. The first-order chi connectivity index (χ1) is 12.1. The van der Waals surface area contributed by atoms with Crippen LogP contribution in [0.5, 0.6) is 0 Å². The van der Waals surface area contributed by atoms with Gasteiger partial charge in [0.15, 0.2) is 0 Å². The molecule has 6 nitrogen and oxygen atoms in total. The van der Waals surface area contributed by atoms with Crippen molar-refractivity contribution in [2.24, 2.45) is 0 Å². The molecule has 1 heterocycles. The summed E-state index contributed by atoms with van der Waals surface area (Å²) in [5.41, 5.74) is 0.809. The summed E-state index contributed by atoms with van der Waals surface area (Å²) in [6.45, 7) is 1.02. The van der Waals surface area contributed by atoms with Gasteiger partial charge in [-0.2, -0.15) is 5.10 Å². The van der Waals surface area contributed by atoms with Crippen molar-refractivity contribution < 1.29 is 13.9 Å². The Kier molecular flexibility index (Phi) is 5.23. The van der Waals surface area contributed by atoms with Crippen LogP contribution in [0.3, 0.4) is 0 Å². The fourth-order valence-corrected chi connectivity index (χ4v) is 2.59. The summed E-state index contributed by atoms with van der Waals surface area (Å²) in [5.74, 6) is -0.530. The number of nitrogens with zero attached hydrogens (tertiary/aromatic N) is 3. The van der Waals surface area contributed by atoms with Crippen molar-refractivity contribution in [3.05, 3.63) is 63.8 Å². The summed E-state index contributed by atoms with van der Waals surface area (Å²) in [6.07, 6.45) is 1.88. The quantitative estimate of drug-likeness (QED) is 0.768. The Hall–Kier alpha value is -2.54. The zero-order chi connectivity index (χ0) is 17.8. The first-order valence-corrected chi connectivity index (χ1v) is 8.21.